The highest BCUT2D eigenvalue weighted by atomic mass is 35.5. The Hall–Kier alpha value is -2.54. The van der Waals surface area contributed by atoms with E-state index in [1.165, 1.54) is 5.56 Å². The van der Waals surface area contributed by atoms with Crippen molar-refractivity contribution in [3.8, 4) is 0 Å². The minimum Gasteiger partial charge on any atom is -0.264 e. The average molecular weight is 400 g/mol. The number of hydrogen-bond acceptors (Lipinski definition) is 3. The Labute approximate surface area is 163 Å². The first-order valence-corrected chi connectivity index (χ1v) is 9.70. The van der Waals surface area contributed by atoms with E-state index in [4.69, 9.17) is 11.6 Å². The average Bonchev–Trinajstić information content (AvgIpc) is 3.43. The fraction of sp³-hybridized carbons (Fsp3) is 0.350. The fourth-order valence-corrected chi connectivity index (χ4v) is 4.43. The van der Waals surface area contributed by atoms with E-state index >= 15 is 0 Å². The van der Waals surface area contributed by atoms with Crippen LogP contribution in [0.4, 0.5) is 8.78 Å². The molecule has 1 unspecified atom stereocenters. The Balaban J connectivity index is 1.32. The molecule has 0 N–H and O–H groups in total. The zero-order valence-corrected chi connectivity index (χ0v) is 15.5. The lowest BCUT2D eigenvalue weighted by atomic mass is 10.0. The zero-order valence-electron chi connectivity index (χ0n) is 14.8. The summed E-state index contributed by atoms with van der Waals surface area (Å²) in [7, 11) is 0. The number of fused-ring (bicyclic) bond motifs is 2. The summed E-state index contributed by atoms with van der Waals surface area (Å²) in [5.74, 6) is -2.45. The van der Waals surface area contributed by atoms with Gasteiger partial charge >= 0.3 is 0 Å². The number of halogens is 3. The van der Waals surface area contributed by atoms with E-state index in [2.05, 4.69) is 27.3 Å². The van der Waals surface area contributed by atoms with Crippen molar-refractivity contribution >= 4 is 28.2 Å². The summed E-state index contributed by atoms with van der Waals surface area (Å²) in [6, 6.07) is 8.13. The molecule has 3 aromatic heterocycles. The first-order chi connectivity index (χ1) is 13.5. The molecule has 5 nitrogen and oxygen atoms in total. The summed E-state index contributed by atoms with van der Waals surface area (Å²) >= 11 is 6.18. The minimum atomic E-state index is -2.53. The lowest BCUT2D eigenvalue weighted by Crippen LogP contribution is -2.06. The first-order valence-electron chi connectivity index (χ1n) is 9.33. The van der Waals surface area contributed by atoms with E-state index in [1.54, 1.807) is 27.8 Å². The molecule has 6 rings (SSSR count). The number of benzene rings is 1. The maximum Gasteiger partial charge on any atom is 0.253 e. The Morgan fingerprint density at radius 2 is 2.07 bits per heavy atom. The highest BCUT2D eigenvalue weighted by molar-refractivity contribution is 6.29. The third kappa shape index (κ3) is 2.53. The van der Waals surface area contributed by atoms with Crippen molar-refractivity contribution in [1.29, 1.82) is 0 Å². The second-order valence-corrected chi connectivity index (χ2v) is 8.26. The molecule has 4 aromatic rings. The summed E-state index contributed by atoms with van der Waals surface area (Å²) in [6.07, 6.45) is 6.23. The third-order valence-corrected chi connectivity index (χ3v) is 6.18. The van der Waals surface area contributed by atoms with E-state index in [0.717, 1.165) is 28.5 Å². The lowest BCUT2D eigenvalue weighted by Gasteiger charge is -2.06. The van der Waals surface area contributed by atoms with Crippen molar-refractivity contribution in [1.82, 2.24) is 24.4 Å². The number of hydrogen-bond donors (Lipinski definition) is 0. The van der Waals surface area contributed by atoms with Crippen molar-refractivity contribution in [2.75, 3.05) is 0 Å². The van der Waals surface area contributed by atoms with Gasteiger partial charge in [-0.25, -0.2) is 18.3 Å². The molecule has 142 valence electrons. The van der Waals surface area contributed by atoms with Gasteiger partial charge in [0.05, 0.1) is 18.3 Å². The molecule has 8 heteroatoms. The van der Waals surface area contributed by atoms with E-state index in [9.17, 15) is 8.78 Å². The molecule has 0 spiro atoms. The Kier molecular flexibility index (Phi) is 3.23. The summed E-state index contributed by atoms with van der Waals surface area (Å²) in [4.78, 5) is 4.41. The van der Waals surface area contributed by atoms with Crippen molar-refractivity contribution in [2.24, 2.45) is 5.92 Å². The van der Waals surface area contributed by atoms with Gasteiger partial charge in [-0.1, -0.05) is 23.7 Å². The highest BCUT2D eigenvalue weighted by Gasteiger charge is 2.57. The fourth-order valence-electron chi connectivity index (χ4n) is 4.23. The molecule has 2 aliphatic rings. The molecule has 3 atom stereocenters. The van der Waals surface area contributed by atoms with Crippen LogP contribution in [0.25, 0.3) is 16.6 Å². The van der Waals surface area contributed by atoms with Crippen LogP contribution in [-0.4, -0.2) is 30.3 Å². The van der Waals surface area contributed by atoms with Crippen LogP contribution in [-0.2, 0) is 6.54 Å². The standard InChI is InChI=1S/C20H16ClF2N5/c21-18-7-16(19-24-3-4-27(19)26-18)15-6-14(15)11-1-2-12-9-25-28(17(12)5-11)10-13-8-20(13,22)23/h1-5,7,9,13-15H,6,8,10H2/t13?,14-,15+/m1/s1. The Morgan fingerprint density at radius 3 is 2.89 bits per heavy atom. The van der Waals surface area contributed by atoms with Gasteiger partial charge in [0.25, 0.3) is 5.92 Å². The van der Waals surface area contributed by atoms with Crippen LogP contribution < -0.4 is 0 Å². The molecule has 0 aliphatic heterocycles. The normalized spacial score (nSPS) is 25.5. The molecule has 2 saturated carbocycles. The van der Waals surface area contributed by atoms with Crippen LogP contribution in [0.5, 0.6) is 0 Å². The van der Waals surface area contributed by atoms with Crippen LogP contribution >= 0.6 is 11.6 Å². The minimum absolute atomic E-state index is 0.0398. The second-order valence-electron chi connectivity index (χ2n) is 7.87. The Morgan fingerprint density at radius 1 is 1.21 bits per heavy atom. The van der Waals surface area contributed by atoms with E-state index < -0.39 is 11.8 Å². The molecular formula is C20H16ClF2N5. The van der Waals surface area contributed by atoms with Gasteiger partial charge in [0.15, 0.2) is 5.65 Å². The molecular weight excluding hydrogens is 384 g/mol. The monoisotopic (exact) mass is 399 g/mol. The summed E-state index contributed by atoms with van der Waals surface area (Å²) in [5, 5.41) is 10.00. The SMILES string of the molecule is FC1(F)CC1Cn1ncc2ccc([C@H]3C[C@@H]3c3cc(Cl)nn4ccnc34)cc21. The molecule has 3 heterocycles. The van der Waals surface area contributed by atoms with Gasteiger partial charge in [0, 0.05) is 35.7 Å². The topological polar surface area (TPSA) is 48.0 Å². The van der Waals surface area contributed by atoms with Crippen LogP contribution in [0.2, 0.25) is 5.15 Å². The van der Waals surface area contributed by atoms with Crippen LogP contribution in [0.1, 0.15) is 35.8 Å². The van der Waals surface area contributed by atoms with Crippen molar-refractivity contribution in [3.63, 3.8) is 0 Å². The van der Waals surface area contributed by atoms with Crippen molar-refractivity contribution < 1.29 is 8.78 Å². The summed E-state index contributed by atoms with van der Waals surface area (Å²) < 4.78 is 30.1. The van der Waals surface area contributed by atoms with Gasteiger partial charge in [-0.3, -0.25) is 4.68 Å². The van der Waals surface area contributed by atoms with Crippen LogP contribution in [0, 0.1) is 5.92 Å². The van der Waals surface area contributed by atoms with Crippen LogP contribution in [0.3, 0.4) is 0 Å². The highest BCUT2D eigenvalue weighted by Crippen LogP contribution is 2.56. The predicted octanol–water partition coefficient (Wildman–Crippen LogP) is 4.66. The zero-order chi connectivity index (χ0) is 19.0. The van der Waals surface area contributed by atoms with Gasteiger partial charge in [-0.2, -0.15) is 10.2 Å². The third-order valence-electron chi connectivity index (χ3n) is 5.99. The lowest BCUT2D eigenvalue weighted by molar-refractivity contribution is 0.0945. The molecule has 0 saturated heterocycles. The predicted molar refractivity (Wildman–Crippen MR) is 101 cm³/mol. The summed E-state index contributed by atoms with van der Waals surface area (Å²) in [6.45, 7) is 0.267. The maximum absolute atomic E-state index is 13.3. The molecule has 28 heavy (non-hydrogen) atoms. The van der Waals surface area contributed by atoms with E-state index in [0.29, 0.717) is 17.0 Å². The molecule has 0 bridgehead atoms. The largest absolute Gasteiger partial charge is 0.264 e. The van der Waals surface area contributed by atoms with Gasteiger partial charge in [0.2, 0.25) is 0 Å². The molecule has 1 aromatic carbocycles. The molecule has 0 radical (unpaired) electrons. The number of rotatable bonds is 4. The number of alkyl halides is 2. The quantitative estimate of drug-likeness (QED) is 0.501. The maximum atomic E-state index is 13.3. The molecule has 2 fully saturated rings. The number of nitrogens with zero attached hydrogens (tertiary/aromatic N) is 5. The van der Waals surface area contributed by atoms with E-state index in [1.807, 2.05) is 12.1 Å². The smallest absolute Gasteiger partial charge is 0.253 e. The first kappa shape index (κ1) is 16.4. The molecule has 2 aliphatic carbocycles. The van der Waals surface area contributed by atoms with Gasteiger partial charge in [-0.05, 0) is 36.0 Å². The number of imidazole rings is 1. The second kappa shape index (κ2) is 5.50. The molecule has 0 amide bonds. The van der Waals surface area contributed by atoms with Gasteiger partial charge in [-0.15, -0.1) is 0 Å². The van der Waals surface area contributed by atoms with Crippen molar-refractivity contribution in [2.45, 2.75) is 37.1 Å². The van der Waals surface area contributed by atoms with Gasteiger partial charge in [0.1, 0.15) is 5.15 Å². The van der Waals surface area contributed by atoms with Crippen molar-refractivity contribution in [3.05, 3.63) is 59.1 Å². The summed E-state index contributed by atoms with van der Waals surface area (Å²) in [5.41, 5.74) is 4.05. The van der Waals surface area contributed by atoms with Gasteiger partial charge < -0.3 is 0 Å². The van der Waals surface area contributed by atoms with Crippen LogP contribution in [0.15, 0.2) is 42.9 Å². The number of aromatic nitrogens is 5. The Bertz CT molecular complexity index is 1230. The van der Waals surface area contributed by atoms with E-state index in [-0.39, 0.29) is 13.0 Å².